The highest BCUT2D eigenvalue weighted by atomic mass is 32.2. The van der Waals surface area contributed by atoms with Crippen LogP contribution in [-0.2, 0) is 11.2 Å². The molecular formula is C25H27N3O2S. The Kier molecular flexibility index (Phi) is 7.47. The van der Waals surface area contributed by atoms with Gasteiger partial charge in [0.15, 0.2) is 0 Å². The number of aromatic nitrogens is 1. The summed E-state index contributed by atoms with van der Waals surface area (Å²) < 4.78 is 0. The molecule has 0 fully saturated rings. The number of hydrogen-bond donors (Lipinski definition) is 1. The molecular weight excluding hydrogens is 406 g/mol. The first-order valence-electron chi connectivity index (χ1n) is 10.2. The Morgan fingerprint density at radius 2 is 1.81 bits per heavy atom. The minimum absolute atomic E-state index is 0.0421. The molecule has 0 aliphatic heterocycles. The van der Waals surface area contributed by atoms with E-state index in [2.05, 4.69) is 36.3 Å². The summed E-state index contributed by atoms with van der Waals surface area (Å²) in [4.78, 5) is 32.5. The van der Waals surface area contributed by atoms with Crippen molar-refractivity contribution in [3.05, 3.63) is 83.0 Å². The Hall–Kier alpha value is -3.12. The summed E-state index contributed by atoms with van der Waals surface area (Å²) in [5.41, 5.74) is 4.73. The van der Waals surface area contributed by atoms with Crippen molar-refractivity contribution in [2.45, 2.75) is 37.1 Å². The maximum absolute atomic E-state index is 13.1. The molecule has 2 aromatic carbocycles. The number of likely N-dealkylation sites (N-methyl/N-ethyl adjacent to an activating group) is 1. The van der Waals surface area contributed by atoms with Crippen LogP contribution in [0.5, 0.6) is 0 Å². The fourth-order valence-electron chi connectivity index (χ4n) is 3.16. The quantitative estimate of drug-likeness (QED) is 0.562. The lowest BCUT2D eigenvalue weighted by Crippen LogP contribution is -2.35. The molecule has 0 atom stereocenters. The summed E-state index contributed by atoms with van der Waals surface area (Å²) in [5, 5.41) is 3.54. The van der Waals surface area contributed by atoms with Gasteiger partial charge in [-0.2, -0.15) is 0 Å². The Bertz CT molecular complexity index is 1100. The number of carbonyl (C=O) groups excluding carboxylic acids is 2. The van der Waals surface area contributed by atoms with Crippen LogP contribution in [0.25, 0.3) is 0 Å². The largest absolute Gasteiger partial charge is 0.332 e. The highest BCUT2D eigenvalue weighted by Gasteiger charge is 2.20. The lowest BCUT2D eigenvalue weighted by molar-refractivity contribution is -0.116. The van der Waals surface area contributed by atoms with E-state index < -0.39 is 0 Å². The van der Waals surface area contributed by atoms with E-state index in [1.807, 2.05) is 37.3 Å². The van der Waals surface area contributed by atoms with Crippen molar-refractivity contribution < 1.29 is 9.59 Å². The third-order valence-corrected chi connectivity index (χ3v) is 6.10. The molecule has 5 nitrogen and oxygen atoms in total. The molecule has 0 saturated heterocycles. The van der Waals surface area contributed by atoms with Gasteiger partial charge in [-0.15, -0.1) is 0 Å². The van der Waals surface area contributed by atoms with Crippen LogP contribution in [0.4, 0.5) is 5.69 Å². The van der Waals surface area contributed by atoms with Crippen molar-refractivity contribution in [3.8, 4) is 0 Å². The molecule has 0 spiro atoms. The molecule has 3 rings (SSSR count). The Labute approximate surface area is 187 Å². The van der Waals surface area contributed by atoms with Crippen molar-refractivity contribution in [1.82, 2.24) is 9.88 Å². The Morgan fingerprint density at radius 1 is 1.03 bits per heavy atom. The fourth-order valence-corrected chi connectivity index (χ4v) is 4.13. The zero-order valence-corrected chi connectivity index (χ0v) is 19.1. The molecule has 3 aromatic rings. The maximum atomic E-state index is 13.1. The molecule has 0 saturated carbocycles. The molecule has 1 heterocycles. The second-order valence-corrected chi connectivity index (χ2v) is 8.49. The van der Waals surface area contributed by atoms with E-state index in [0.717, 1.165) is 22.6 Å². The number of anilines is 1. The molecule has 160 valence electrons. The number of nitrogens with one attached hydrogen (secondary N) is 1. The average Bonchev–Trinajstić information content (AvgIpc) is 2.76. The minimum atomic E-state index is -0.238. The maximum Gasteiger partial charge on any atom is 0.256 e. The van der Waals surface area contributed by atoms with E-state index in [4.69, 9.17) is 0 Å². The number of rotatable bonds is 7. The first kappa shape index (κ1) is 22.6. The fraction of sp³-hybridized carbons (Fsp3) is 0.240. The molecule has 0 radical (unpaired) electrons. The zero-order chi connectivity index (χ0) is 22.4. The highest BCUT2D eigenvalue weighted by molar-refractivity contribution is 7.99. The monoisotopic (exact) mass is 433 g/mol. The van der Waals surface area contributed by atoms with Gasteiger partial charge in [-0.05, 0) is 67.3 Å². The first-order valence-corrected chi connectivity index (χ1v) is 11.0. The van der Waals surface area contributed by atoms with Crippen LogP contribution in [0.1, 0.15) is 34.0 Å². The lowest BCUT2D eigenvalue weighted by atomic mass is 10.1. The van der Waals surface area contributed by atoms with Crippen LogP contribution >= 0.6 is 11.8 Å². The van der Waals surface area contributed by atoms with Gasteiger partial charge in [0, 0.05) is 23.8 Å². The number of hydrogen-bond acceptors (Lipinski definition) is 4. The summed E-state index contributed by atoms with van der Waals surface area (Å²) in [7, 11) is 1.63. The van der Waals surface area contributed by atoms with Crippen molar-refractivity contribution in [1.29, 1.82) is 0 Å². The van der Waals surface area contributed by atoms with Gasteiger partial charge in [0.25, 0.3) is 5.91 Å². The normalized spacial score (nSPS) is 10.6. The SMILES string of the molecule is CCc1ccccc1NC(=O)CN(C)C(=O)c1cccnc1Sc1ccc(C)c(C)c1. The van der Waals surface area contributed by atoms with Crippen LogP contribution in [0, 0.1) is 13.8 Å². The van der Waals surface area contributed by atoms with Crippen molar-refractivity contribution in [2.75, 3.05) is 18.9 Å². The predicted octanol–water partition coefficient (Wildman–Crippen LogP) is 5.12. The lowest BCUT2D eigenvalue weighted by Gasteiger charge is -2.19. The third kappa shape index (κ3) is 5.73. The third-order valence-electron chi connectivity index (χ3n) is 5.09. The predicted molar refractivity (Wildman–Crippen MR) is 126 cm³/mol. The minimum Gasteiger partial charge on any atom is -0.332 e. The topological polar surface area (TPSA) is 62.3 Å². The smallest absolute Gasteiger partial charge is 0.256 e. The van der Waals surface area contributed by atoms with Gasteiger partial charge in [0.2, 0.25) is 5.91 Å². The van der Waals surface area contributed by atoms with Crippen LogP contribution in [0.3, 0.4) is 0 Å². The summed E-state index contributed by atoms with van der Waals surface area (Å²) in [5.74, 6) is -0.470. The Balaban J connectivity index is 1.72. The summed E-state index contributed by atoms with van der Waals surface area (Å²) >= 11 is 1.45. The first-order chi connectivity index (χ1) is 14.9. The Morgan fingerprint density at radius 3 is 2.55 bits per heavy atom. The number of amides is 2. The number of nitrogens with zero attached hydrogens (tertiary/aromatic N) is 2. The second-order valence-electron chi connectivity index (χ2n) is 7.42. The summed E-state index contributed by atoms with van der Waals surface area (Å²) in [6, 6.07) is 17.4. The van der Waals surface area contributed by atoms with E-state index in [1.165, 1.54) is 27.8 Å². The zero-order valence-electron chi connectivity index (χ0n) is 18.3. The molecule has 0 aliphatic carbocycles. The number of aryl methyl sites for hydroxylation is 3. The van der Waals surface area contributed by atoms with Gasteiger partial charge in [-0.1, -0.05) is 43.0 Å². The van der Waals surface area contributed by atoms with E-state index in [0.29, 0.717) is 10.6 Å². The van der Waals surface area contributed by atoms with Crippen molar-refractivity contribution in [2.24, 2.45) is 0 Å². The van der Waals surface area contributed by atoms with Gasteiger partial charge >= 0.3 is 0 Å². The van der Waals surface area contributed by atoms with E-state index in [-0.39, 0.29) is 18.4 Å². The average molecular weight is 434 g/mol. The van der Waals surface area contributed by atoms with Gasteiger partial charge in [-0.25, -0.2) is 4.98 Å². The molecule has 2 amide bonds. The van der Waals surface area contributed by atoms with Crippen LogP contribution in [0.2, 0.25) is 0 Å². The van der Waals surface area contributed by atoms with Gasteiger partial charge in [0.1, 0.15) is 5.03 Å². The highest BCUT2D eigenvalue weighted by Crippen LogP contribution is 2.30. The molecule has 6 heteroatoms. The number of benzene rings is 2. The summed E-state index contributed by atoms with van der Waals surface area (Å²) in [6.07, 6.45) is 2.49. The molecule has 1 N–H and O–H groups in total. The van der Waals surface area contributed by atoms with Crippen molar-refractivity contribution >= 4 is 29.3 Å². The second kappa shape index (κ2) is 10.3. The van der Waals surface area contributed by atoms with Crippen molar-refractivity contribution in [3.63, 3.8) is 0 Å². The van der Waals surface area contributed by atoms with Gasteiger partial charge < -0.3 is 10.2 Å². The molecule has 0 bridgehead atoms. The molecule has 1 aromatic heterocycles. The van der Waals surface area contributed by atoms with E-state index >= 15 is 0 Å². The molecule has 0 unspecified atom stereocenters. The van der Waals surface area contributed by atoms with E-state index in [9.17, 15) is 9.59 Å². The number of pyridine rings is 1. The summed E-state index contributed by atoms with van der Waals surface area (Å²) in [6.45, 7) is 6.13. The number of carbonyl (C=O) groups is 2. The van der Waals surface area contributed by atoms with E-state index in [1.54, 1.807) is 25.4 Å². The van der Waals surface area contributed by atoms with Gasteiger partial charge in [-0.3, -0.25) is 9.59 Å². The number of para-hydroxylation sites is 1. The molecule has 0 aliphatic rings. The van der Waals surface area contributed by atoms with Crippen LogP contribution in [0.15, 0.2) is 70.7 Å². The molecule has 31 heavy (non-hydrogen) atoms. The van der Waals surface area contributed by atoms with Crippen LogP contribution < -0.4 is 5.32 Å². The van der Waals surface area contributed by atoms with Crippen LogP contribution in [-0.4, -0.2) is 35.3 Å². The van der Waals surface area contributed by atoms with Gasteiger partial charge in [0.05, 0.1) is 12.1 Å². The standard InChI is InChI=1S/C25H27N3O2S/c1-5-19-9-6-7-11-22(19)27-23(29)16-28(4)25(30)21-10-8-14-26-24(21)31-20-13-12-17(2)18(3)15-20/h6-15H,5,16H2,1-4H3,(H,27,29).